The van der Waals surface area contributed by atoms with Crippen LogP contribution in [0.4, 0.5) is 0 Å². The molecule has 122 valence electrons. The smallest absolute Gasteiger partial charge is 0.255 e. The molecule has 0 bridgehead atoms. The van der Waals surface area contributed by atoms with Gasteiger partial charge in [-0.3, -0.25) is 9.78 Å². The number of thiophene rings is 1. The van der Waals surface area contributed by atoms with Gasteiger partial charge in [0.25, 0.3) is 5.91 Å². The van der Waals surface area contributed by atoms with E-state index < -0.39 is 0 Å². The molecule has 0 aromatic carbocycles. The number of amides is 1. The quantitative estimate of drug-likeness (QED) is 0.729. The molecular formula is C17H16N4O2S. The van der Waals surface area contributed by atoms with Crippen molar-refractivity contribution in [3.8, 4) is 11.5 Å². The molecule has 0 saturated carbocycles. The molecule has 6 nitrogen and oxygen atoms in total. The van der Waals surface area contributed by atoms with Crippen molar-refractivity contribution in [1.82, 2.24) is 20.1 Å². The fourth-order valence-electron chi connectivity index (χ4n) is 2.96. The first-order chi connectivity index (χ1) is 11.8. The third-order valence-electron chi connectivity index (χ3n) is 4.18. The average molecular weight is 340 g/mol. The van der Waals surface area contributed by atoms with E-state index in [0.717, 1.165) is 30.4 Å². The monoisotopic (exact) mass is 340 g/mol. The van der Waals surface area contributed by atoms with Gasteiger partial charge in [0, 0.05) is 29.9 Å². The fourth-order valence-corrected chi connectivity index (χ4v) is 3.59. The first-order valence-corrected chi connectivity index (χ1v) is 8.84. The summed E-state index contributed by atoms with van der Waals surface area (Å²) in [6.45, 7) is 0.715. The minimum atomic E-state index is -0.158. The van der Waals surface area contributed by atoms with Crippen molar-refractivity contribution in [2.45, 2.75) is 25.3 Å². The first kappa shape index (κ1) is 15.0. The lowest BCUT2D eigenvalue weighted by Gasteiger charge is -2.33. The minimum absolute atomic E-state index is 0.0320. The van der Waals surface area contributed by atoms with Gasteiger partial charge in [-0.15, -0.1) is 10.2 Å². The summed E-state index contributed by atoms with van der Waals surface area (Å²) in [5.41, 5.74) is 1.55. The molecule has 7 heteroatoms. The van der Waals surface area contributed by atoms with E-state index in [4.69, 9.17) is 4.42 Å². The van der Waals surface area contributed by atoms with E-state index >= 15 is 0 Å². The Bertz CT molecular complexity index is 816. The van der Waals surface area contributed by atoms with E-state index in [9.17, 15) is 4.79 Å². The largest absolute Gasteiger partial charge is 0.418 e. The Morgan fingerprint density at radius 3 is 2.88 bits per heavy atom. The zero-order chi connectivity index (χ0) is 16.4. The molecular weight excluding hydrogens is 324 g/mol. The maximum atomic E-state index is 12.8. The van der Waals surface area contributed by atoms with Gasteiger partial charge in [0.05, 0.1) is 5.56 Å². The van der Waals surface area contributed by atoms with Gasteiger partial charge in [0.2, 0.25) is 11.8 Å². The average Bonchev–Trinajstić information content (AvgIpc) is 3.34. The third kappa shape index (κ3) is 2.82. The van der Waals surface area contributed by atoms with E-state index in [1.165, 1.54) is 11.3 Å². The molecule has 1 amide bonds. The van der Waals surface area contributed by atoms with E-state index in [0.29, 0.717) is 18.3 Å². The van der Waals surface area contributed by atoms with Crippen LogP contribution in [0.1, 0.15) is 41.6 Å². The van der Waals surface area contributed by atoms with Crippen molar-refractivity contribution in [3.05, 3.63) is 52.8 Å². The molecule has 0 unspecified atom stereocenters. The van der Waals surface area contributed by atoms with Crippen molar-refractivity contribution in [1.29, 1.82) is 0 Å². The van der Waals surface area contributed by atoms with Gasteiger partial charge in [-0.1, -0.05) is 0 Å². The molecule has 1 aliphatic rings. The first-order valence-electron chi connectivity index (χ1n) is 7.90. The Morgan fingerprint density at radius 1 is 1.21 bits per heavy atom. The number of likely N-dealkylation sites (tertiary alicyclic amines) is 1. The van der Waals surface area contributed by atoms with E-state index in [2.05, 4.69) is 15.2 Å². The topological polar surface area (TPSA) is 72.1 Å². The fraction of sp³-hybridized carbons (Fsp3) is 0.294. The van der Waals surface area contributed by atoms with Crippen LogP contribution in [-0.4, -0.2) is 32.5 Å². The SMILES string of the molecule is O=C(c1ccsc1)N1CCCC[C@H]1c1nnc(-c2ccncc2)o1. The summed E-state index contributed by atoms with van der Waals surface area (Å²) in [6.07, 6.45) is 6.26. The van der Waals surface area contributed by atoms with Gasteiger partial charge in [-0.05, 0) is 42.8 Å². The van der Waals surface area contributed by atoms with Crippen molar-refractivity contribution in [2.75, 3.05) is 6.54 Å². The zero-order valence-electron chi connectivity index (χ0n) is 13.0. The van der Waals surface area contributed by atoms with Gasteiger partial charge in [0.1, 0.15) is 6.04 Å². The minimum Gasteiger partial charge on any atom is -0.418 e. The van der Waals surface area contributed by atoms with Gasteiger partial charge >= 0.3 is 0 Å². The highest BCUT2D eigenvalue weighted by Crippen LogP contribution is 2.33. The number of carbonyl (C=O) groups excluding carboxylic acids is 1. The molecule has 3 aromatic rings. The molecule has 0 spiro atoms. The summed E-state index contributed by atoms with van der Waals surface area (Å²) < 4.78 is 5.87. The maximum Gasteiger partial charge on any atom is 0.255 e. The third-order valence-corrected chi connectivity index (χ3v) is 4.87. The van der Waals surface area contributed by atoms with Crippen LogP contribution in [0.2, 0.25) is 0 Å². The van der Waals surface area contributed by atoms with Gasteiger partial charge in [-0.2, -0.15) is 11.3 Å². The molecule has 4 heterocycles. The molecule has 0 aliphatic carbocycles. The second kappa shape index (κ2) is 6.52. The van der Waals surface area contributed by atoms with Crippen molar-refractivity contribution >= 4 is 17.2 Å². The number of hydrogen-bond donors (Lipinski definition) is 0. The lowest BCUT2D eigenvalue weighted by molar-refractivity contribution is 0.0573. The summed E-state index contributed by atoms with van der Waals surface area (Å²) in [7, 11) is 0. The molecule has 24 heavy (non-hydrogen) atoms. The predicted molar refractivity (Wildman–Crippen MR) is 89.5 cm³/mol. The van der Waals surface area contributed by atoms with Crippen LogP contribution in [-0.2, 0) is 0 Å². The Hall–Kier alpha value is -2.54. The van der Waals surface area contributed by atoms with Gasteiger partial charge < -0.3 is 9.32 Å². The van der Waals surface area contributed by atoms with Crippen LogP contribution >= 0.6 is 11.3 Å². The summed E-state index contributed by atoms with van der Waals surface area (Å²) in [6, 6.07) is 5.35. The van der Waals surface area contributed by atoms with Crippen LogP contribution in [0, 0.1) is 0 Å². The molecule has 0 radical (unpaired) electrons. The van der Waals surface area contributed by atoms with Gasteiger partial charge in [0.15, 0.2) is 0 Å². The normalized spacial score (nSPS) is 17.8. The Kier molecular flexibility index (Phi) is 4.08. The zero-order valence-corrected chi connectivity index (χ0v) is 13.8. The van der Waals surface area contributed by atoms with Crippen molar-refractivity contribution < 1.29 is 9.21 Å². The Labute approximate surface area is 143 Å². The number of nitrogens with zero attached hydrogens (tertiary/aromatic N) is 4. The van der Waals surface area contributed by atoms with Crippen LogP contribution in [0.5, 0.6) is 0 Å². The van der Waals surface area contributed by atoms with Crippen LogP contribution in [0.15, 0.2) is 45.8 Å². The Morgan fingerprint density at radius 2 is 2.08 bits per heavy atom. The van der Waals surface area contributed by atoms with Gasteiger partial charge in [-0.25, -0.2) is 0 Å². The number of piperidine rings is 1. The lowest BCUT2D eigenvalue weighted by Crippen LogP contribution is -2.38. The molecule has 1 saturated heterocycles. The maximum absolute atomic E-state index is 12.8. The van der Waals surface area contributed by atoms with Crippen LogP contribution in [0.3, 0.4) is 0 Å². The number of aromatic nitrogens is 3. The number of rotatable bonds is 3. The summed E-state index contributed by atoms with van der Waals surface area (Å²) in [5.74, 6) is 0.996. The predicted octanol–water partition coefficient (Wildman–Crippen LogP) is 3.56. The second-order valence-corrected chi connectivity index (χ2v) is 6.48. The van der Waals surface area contributed by atoms with E-state index in [-0.39, 0.29) is 11.9 Å². The molecule has 1 atom stereocenters. The molecule has 3 aromatic heterocycles. The highest BCUT2D eigenvalue weighted by Gasteiger charge is 2.32. The van der Waals surface area contributed by atoms with Crippen LogP contribution < -0.4 is 0 Å². The Balaban J connectivity index is 1.62. The standard InChI is InChI=1S/C17H16N4O2S/c22-17(13-6-10-24-11-13)21-9-2-1-3-14(21)16-20-19-15(23-16)12-4-7-18-8-5-12/h4-8,10-11,14H,1-3,9H2/t14-/m0/s1. The highest BCUT2D eigenvalue weighted by atomic mass is 32.1. The van der Waals surface area contributed by atoms with E-state index in [1.54, 1.807) is 12.4 Å². The summed E-state index contributed by atoms with van der Waals surface area (Å²) in [5, 5.41) is 12.1. The summed E-state index contributed by atoms with van der Waals surface area (Å²) in [4.78, 5) is 18.6. The summed E-state index contributed by atoms with van der Waals surface area (Å²) >= 11 is 1.53. The number of carbonyl (C=O) groups is 1. The number of pyridine rings is 1. The second-order valence-electron chi connectivity index (χ2n) is 5.70. The molecule has 0 N–H and O–H groups in total. The van der Waals surface area contributed by atoms with Crippen LogP contribution in [0.25, 0.3) is 11.5 Å². The molecule has 1 aliphatic heterocycles. The highest BCUT2D eigenvalue weighted by molar-refractivity contribution is 7.08. The lowest BCUT2D eigenvalue weighted by atomic mass is 10.0. The van der Waals surface area contributed by atoms with Crippen molar-refractivity contribution in [2.24, 2.45) is 0 Å². The van der Waals surface area contributed by atoms with E-state index in [1.807, 2.05) is 33.9 Å². The molecule has 4 rings (SSSR count). The molecule has 1 fully saturated rings. The van der Waals surface area contributed by atoms with Crippen molar-refractivity contribution in [3.63, 3.8) is 0 Å². The number of hydrogen-bond acceptors (Lipinski definition) is 6.